The molecule has 3 N–H and O–H groups in total. The minimum Gasteiger partial charge on any atom is -0.452 e. The Kier molecular flexibility index (Phi) is 8.83. The lowest BCUT2D eigenvalue weighted by Crippen LogP contribution is -2.30. The third kappa shape index (κ3) is 7.04. The van der Waals surface area contributed by atoms with Gasteiger partial charge in [-0.3, -0.25) is 13.9 Å². The normalized spacial score (nSPS) is 10.9. The molecule has 2 amide bonds. The van der Waals surface area contributed by atoms with Crippen molar-refractivity contribution in [2.45, 2.75) is 11.4 Å². The largest absolute Gasteiger partial charge is 0.452 e. The van der Waals surface area contributed by atoms with Crippen LogP contribution >= 0.6 is 11.6 Å². The average molecular weight is 578 g/mol. The number of nitrogens with one attached hydrogen (secondary N) is 1. The number of rotatable bonds is 10. The van der Waals surface area contributed by atoms with Crippen molar-refractivity contribution in [3.05, 3.63) is 125 Å². The molecule has 0 aromatic heterocycles. The van der Waals surface area contributed by atoms with Crippen molar-refractivity contribution in [1.82, 2.24) is 0 Å². The van der Waals surface area contributed by atoms with Crippen LogP contribution in [0.3, 0.4) is 0 Å². The summed E-state index contributed by atoms with van der Waals surface area (Å²) in [6.45, 7) is -0.571. The minimum absolute atomic E-state index is 0.0417. The summed E-state index contributed by atoms with van der Waals surface area (Å²) in [7, 11) is -4.13. The summed E-state index contributed by atoms with van der Waals surface area (Å²) in [5, 5.41) is 2.99. The van der Waals surface area contributed by atoms with Crippen LogP contribution in [-0.2, 0) is 26.1 Å². The van der Waals surface area contributed by atoms with Crippen LogP contribution in [0.25, 0.3) is 0 Å². The number of halogens is 1. The van der Waals surface area contributed by atoms with Crippen LogP contribution in [-0.4, -0.2) is 32.8 Å². The second-order valence-corrected chi connectivity index (χ2v) is 10.9. The predicted molar refractivity (Wildman–Crippen MR) is 152 cm³/mol. The lowest BCUT2D eigenvalue weighted by atomic mass is 10.2. The zero-order chi connectivity index (χ0) is 28.7. The van der Waals surface area contributed by atoms with Crippen molar-refractivity contribution < 1.29 is 27.5 Å². The van der Waals surface area contributed by atoms with Gasteiger partial charge in [0, 0.05) is 16.3 Å². The summed E-state index contributed by atoms with van der Waals surface area (Å²) in [6, 6.07) is 26.7. The summed E-state index contributed by atoms with van der Waals surface area (Å²) in [6.07, 6.45) is 0. The van der Waals surface area contributed by atoms with Gasteiger partial charge in [0.05, 0.1) is 22.7 Å². The van der Waals surface area contributed by atoms with Gasteiger partial charge in [0.25, 0.3) is 15.9 Å². The smallest absolute Gasteiger partial charge is 0.338 e. The molecule has 11 heteroatoms. The van der Waals surface area contributed by atoms with E-state index >= 15 is 0 Å². The first-order valence-electron chi connectivity index (χ1n) is 11.9. The molecule has 0 aliphatic rings. The molecule has 0 radical (unpaired) electrons. The number of carbonyl (C=O) groups excluding carboxylic acids is 3. The van der Waals surface area contributed by atoms with E-state index in [9.17, 15) is 22.8 Å². The molecule has 4 aromatic rings. The second kappa shape index (κ2) is 12.5. The van der Waals surface area contributed by atoms with E-state index in [-0.39, 0.29) is 22.6 Å². The second-order valence-electron chi connectivity index (χ2n) is 8.57. The average Bonchev–Trinajstić information content (AvgIpc) is 2.96. The van der Waals surface area contributed by atoms with E-state index in [0.29, 0.717) is 16.4 Å². The van der Waals surface area contributed by atoms with Gasteiger partial charge in [-0.25, -0.2) is 13.2 Å². The zero-order valence-corrected chi connectivity index (χ0v) is 22.6. The zero-order valence-electron chi connectivity index (χ0n) is 21.0. The molecule has 4 rings (SSSR count). The Hall–Kier alpha value is -4.67. The number of sulfonamides is 1. The lowest BCUT2D eigenvalue weighted by Gasteiger charge is -2.25. The van der Waals surface area contributed by atoms with Crippen LogP contribution in [0.5, 0.6) is 0 Å². The summed E-state index contributed by atoms with van der Waals surface area (Å²) < 4.78 is 33.9. The highest BCUT2D eigenvalue weighted by atomic mass is 35.5. The first kappa shape index (κ1) is 28.3. The van der Waals surface area contributed by atoms with Gasteiger partial charge in [0.1, 0.15) is 0 Å². The van der Waals surface area contributed by atoms with Crippen LogP contribution in [0.1, 0.15) is 26.3 Å². The number of esters is 1. The molecule has 0 saturated carbocycles. The van der Waals surface area contributed by atoms with Gasteiger partial charge in [-0.05, 0) is 72.3 Å². The Balaban J connectivity index is 1.49. The third-order valence-corrected chi connectivity index (χ3v) is 7.75. The summed E-state index contributed by atoms with van der Waals surface area (Å²) in [5.74, 6) is -2.11. The molecule has 0 fully saturated rings. The van der Waals surface area contributed by atoms with E-state index < -0.39 is 34.4 Å². The number of amides is 2. The van der Waals surface area contributed by atoms with Crippen LogP contribution in [0.15, 0.2) is 108 Å². The molecule has 0 saturated heterocycles. The van der Waals surface area contributed by atoms with E-state index in [2.05, 4.69) is 5.32 Å². The molecule has 0 spiro atoms. The topological polar surface area (TPSA) is 136 Å². The van der Waals surface area contributed by atoms with E-state index in [4.69, 9.17) is 22.1 Å². The van der Waals surface area contributed by atoms with Gasteiger partial charge in [0.2, 0.25) is 5.91 Å². The lowest BCUT2D eigenvalue weighted by molar-refractivity contribution is -0.119. The van der Waals surface area contributed by atoms with Crippen LogP contribution in [0.2, 0.25) is 5.02 Å². The van der Waals surface area contributed by atoms with Crippen molar-refractivity contribution in [1.29, 1.82) is 0 Å². The molecule has 0 unspecified atom stereocenters. The molecular weight excluding hydrogens is 554 g/mol. The fraction of sp³-hybridized carbons (Fsp3) is 0.0690. The van der Waals surface area contributed by atoms with Gasteiger partial charge in [-0.15, -0.1) is 0 Å². The number of ether oxygens (including phenoxy) is 1. The van der Waals surface area contributed by atoms with Gasteiger partial charge in [0.15, 0.2) is 6.61 Å². The van der Waals surface area contributed by atoms with Gasteiger partial charge in [-0.2, -0.15) is 0 Å². The van der Waals surface area contributed by atoms with Crippen LogP contribution in [0.4, 0.5) is 11.4 Å². The fourth-order valence-electron chi connectivity index (χ4n) is 3.71. The predicted octanol–water partition coefficient (Wildman–Crippen LogP) is 4.63. The molecule has 40 heavy (non-hydrogen) atoms. The fourth-order valence-corrected chi connectivity index (χ4v) is 5.34. The molecule has 0 bridgehead atoms. The van der Waals surface area contributed by atoms with Crippen molar-refractivity contribution in [2.75, 3.05) is 16.2 Å². The standard InChI is InChI=1S/C29H24ClN3O6S/c30-23-11-15-25(16-12-23)33(18-20-5-2-1-3-6-20)40(37,38)26-8-4-7-22(17-26)29(36)39-19-27(34)32-24-13-9-21(10-14-24)28(31)35/h1-17H,18-19H2,(H2,31,35)(H,32,34). The van der Waals surface area contributed by atoms with Crippen molar-refractivity contribution in [3.8, 4) is 0 Å². The molecule has 0 aliphatic carbocycles. The monoisotopic (exact) mass is 577 g/mol. The quantitative estimate of drug-likeness (QED) is 0.264. The maximum Gasteiger partial charge on any atom is 0.338 e. The Morgan fingerprint density at radius 3 is 2.15 bits per heavy atom. The molecule has 0 aliphatic heterocycles. The maximum atomic E-state index is 13.8. The highest BCUT2D eigenvalue weighted by Gasteiger charge is 2.26. The number of hydrogen-bond acceptors (Lipinski definition) is 6. The first-order chi connectivity index (χ1) is 19.1. The van der Waals surface area contributed by atoms with Crippen molar-refractivity contribution in [2.24, 2.45) is 5.73 Å². The maximum absolute atomic E-state index is 13.8. The van der Waals surface area contributed by atoms with Crippen LogP contribution < -0.4 is 15.4 Å². The van der Waals surface area contributed by atoms with E-state index in [0.717, 1.165) is 5.56 Å². The number of primary amides is 1. The Morgan fingerprint density at radius 2 is 1.50 bits per heavy atom. The molecule has 4 aromatic carbocycles. The number of benzene rings is 4. The van der Waals surface area contributed by atoms with Crippen molar-refractivity contribution >= 4 is 50.8 Å². The van der Waals surface area contributed by atoms with E-state index in [1.54, 1.807) is 24.3 Å². The van der Waals surface area contributed by atoms with Gasteiger partial charge < -0.3 is 15.8 Å². The number of anilines is 2. The first-order valence-corrected chi connectivity index (χ1v) is 13.7. The number of carbonyl (C=O) groups is 3. The van der Waals surface area contributed by atoms with Crippen LogP contribution in [0, 0.1) is 0 Å². The van der Waals surface area contributed by atoms with E-state index in [1.807, 2.05) is 30.3 Å². The SMILES string of the molecule is NC(=O)c1ccc(NC(=O)COC(=O)c2cccc(S(=O)(=O)N(Cc3ccccc3)c3ccc(Cl)cc3)c2)cc1. The Labute approximate surface area is 236 Å². The molecular formula is C29H24ClN3O6S. The molecule has 0 atom stereocenters. The Morgan fingerprint density at radius 1 is 0.825 bits per heavy atom. The number of nitrogens with zero attached hydrogens (tertiary/aromatic N) is 1. The highest BCUT2D eigenvalue weighted by molar-refractivity contribution is 7.92. The highest BCUT2D eigenvalue weighted by Crippen LogP contribution is 2.28. The third-order valence-electron chi connectivity index (χ3n) is 5.73. The molecule has 0 heterocycles. The Bertz CT molecular complexity index is 1630. The molecule has 9 nitrogen and oxygen atoms in total. The summed E-state index contributed by atoms with van der Waals surface area (Å²) in [4.78, 5) is 36.0. The summed E-state index contributed by atoms with van der Waals surface area (Å²) in [5.41, 5.74) is 6.95. The van der Waals surface area contributed by atoms with Crippen molar-refractivity contribution in [3.63, 3.8) is 0 Å². The van der Waals surface area contributed by atoms with Gasteiger partial charge >= 0.3 is 5.97 Å². The summed E-state index contributed by atoms with van der Waals surface area (Å²) >= 11 is 6.01. The number of nitrogens with two attached hydrogens (primary N) is 1. The van der Waals surface area contributed by atoms with Gasteiger partial charge in [-0.1, -0.05) is 48.0 Å². The number of hydrogen-bond donors (Lipinski definition) is 2. The molecule has 204 valence electrons. The van der Waals surface area contributed by atoms with E-state index in [1.165, 1.54) is 52.8 Å². The minimum atomic E-state index is -4.13.